The van der Waals surface area contributed by atoms with Crippen LogP contribution in [0.4, 0.5) is 0 Å². The van der Waals surface area contributed by atoms with Crippen molar-refractivity contribution in [2.24, 2.45) is 0 Å². The molecule has 0 amide bonds. The summed E-state index contributed by atoms with van der Waals surface area (Å²) in [6.07, 6.45) is 25.5. The highest BCUT2D eigenvalue weighted by Crippen LogP contribution is 2.47. The van der Waals surface area contributed by atoms with Crippen molar-refractivity contribution in [3.8, 4) is 0 Å². The van der Waals surface area contributed by atoms with Gasteiger partial charge >= 0.3 is 19.8 Å². The van der Waals surface area contributed by atoms with Crippen molar-refractivity contribution < 1.29 is 63.1 Å². The summed E-state index contributed by atoms with van der Waals surface area (Å²) in [6, 6.07) is 0. The third-order valence-electron chi connectivity index (χ3n) is 8.36. The summed E-state index contributed by atoms with van der Waals surface area (Å²) < 4.78 is 33.2. The number of allylic oxidation sites excluding steroid dienone is 14. The van der Waals surface area contributed by atoms with E-state index < -0.39 is 75.7 Å². The Morgan fingerprint density at radius 1 is 0.600 bits per heavy atom. The van der Waals surface area contributed by atoms with Crippen molar-refractivity contribution in [1.29, 1.82) is 0 Å². The van der Waals surface area contributed by atoms with Crippen LogP contribution in [0.25, 0.3) is 0 Å². The van der Waals surface area contributed by atoms with Crippen molar-refractivity contribution in [2.45, 2.75) is 146 Å². The normalized spacial score (nSPS) is 24.0. The van der Waals surface area contributed by atoms with E-state index in [2.05, 4.69) is 32.1 Å². The Balaban J connectivity index is 2.65. The Hall–Kier alpha value is -2.97. The van der Waals surface area contributed by atoms with Crippen LogP contribution in [0.2, 0.25) is 0 Å². The molecule has 0 bridgehead atoms. The summed E-state index contributed by atoms with van der Waals surface area (Å²) in [4.78, 5) is 35.4. The fourth-order valence-electron chi connectivity index (χ4n) is 5.19. The Bertz CT molecular complexity index is 1290. The summed E-state index contributed by atoms with van der Waals surface area (Å²) in [7, 11) is -5.14. The quantitative estimate of drug-likeness (QED) is 0.0165. The molecule has 1 fully saturated rings. The summed E-state index contributed by atoms with van der Waals surface area (Å²) in [5, 5.41) is 49.9. The number of aliphatic hydroxyl groups excluding tert-OH is 5. The summed E-state index contributed by atoms with van der Waals surface area (Å²) in [6.45, 7) is 2.98. The number of phosphoric acid groups is 1. The van der Waals surface area contributed by atoms with Gasteiger partial charge in [0.25, 0.3) is 0 Å². The largest absolute Gasteiger partial charge is 0.472 e. The first-order valence-corrected chi connectivity index (χ1v) is 21.0. The van der Waals surface area contributed by atoms with E-state index in [4.69, 9.17) is 18.5 Å². The molecule has 0 saturated heterocycles. The van der Waals surface area contributed by atoms with Crippen LogP contribution in [0.3, 0.4) is 0 Å². The van der Waals surface area contributed by atoms with Gasteiger partial charge in [-0.15, -0.1) is 0 Å². The molecule has 1 aliphatic rings. The Morgan fingerprint density at radius 2 is 1.15 bits per heavy atom. The number of hydrogen-bond acceptors (Lipinski definition) is 12. The van der Waals surface area contributed by atoms with Crippen LogP contribution in [0.5, 0.6) is 0 Å². The highest BCUT2D eigenvalue weighted by Gasteiger charge is 2.51. The monoisotopic (exact) mass is 796 g/mol. The predicted molar refractivity (Wildman–Crippen MR) is 211 cm³/mol. The van der Waals surface area contributed by atoms with E-state index >= 15 is 0 Å². The lowest BCUT2D eigenvalue weighted by Crippen LogP contribution is -2.64. The molecule has 0 aromatic rings. The predicted octanol–water partition coefficient (Wildman–Crippen LogP) is 6.16. The lowest BCUT2D eigenvalue weighted by atomic mass is 9.85. The van der Waals surface area contributed by atoms with Gasteiger partial charge in [0.2, 0.25) is 0 Å². The number of ether oxygens (including phenoxy) is 2. The zero-order chi connectivity index (χ0) is 40.7. The van der Waals surface area contributed by atoms with Gasteiger partial charge in [0, 0.05) is 12.8 Å². The zero-order valence-corrected chi connectivity index (χ0v) is 33.3. The molecule has 0 aliphatic heterocycles. The third kappa shape index (κ3) is 24.3. The molecule has 0 radical (unpaired) electrons. The van der Waals surface area contributed by atoms with E-state index in [1.54, 1.807) is 0 Å². The summed E-state index contributed by atoms with van der Waals surface area (Å²) in [5.74, 6) is -1.28. The number of carbonyl (C=O) groups excluding carboxylic acids is 2. The number of hydrogen-bond donors (Lipinski definition) is 6. The van der Waals surface area contributed by atoms with Gasteiger partial charge in [0.05, 0.1) is 6.61 Å². The van der Waals surface area contributed by atoms with Gasteiger partial charge in [-0.2, -0.15) is 0 Å². The molecule has 14 heteroatoms. The van der Waals surface area contributed by atoms with Crippen molar-refractivity contribution in [1.82, 2.24) is 0 Å². The van der Waals surface area contributed by atoms with Crippen LogP contribution < -0.4 is 0 Å². The van der Waals surface area contributed by atoms with Crippen LogP contribution in [0, 0.1) is 0 Å². The Kier molecular flexibility index (Phi) is 28.4. The number of unbranched alkanes of at least 4 members (excludes halogenated alkanes) is 7. The molecule has 0 aromatic carbocycles. The molecule has 13 nitrogen and oxygen atoms in total. The van der Waals surface area contributed by atoms with Gasteiger partial charge in [-0.3, -0.25) is 18.6 Å². The topological polar surface area (TPSA) is 210 Å². The third-order valence-corrected chi connectivity index (χ3v) is 9.35. The van der Waals surface area contributed by atoms with Gasteiger partial charge in [-0.25, -0.2) is 4.57 Å². The van der Waals surface area contributed by atoms with Crippen molar-refractivity contribution in [3.63, 3.8) is 0 Å². The van der Waals surface area contributed by atoms with Gasteiger partial charge < -0.3 is 39.9 Å². The molecule has 6 N–H and O–H groups in total. The van der Waals surface area contributed by atoms with E-state index in [-0.39, 0.29) is 12.8 Å². The van der Waals surface area contributed by atoms with Crippen molar-refractivity contribution >= 4 is 19.8 Å². The fraction of sp³-hybridized carbons (Fsp3) is 0.610. The highest BCUT2D eigenvalue weighted by atomic mass is 31.2. The average molecular weight is 797 g/mol. The molecular formula is C41H65O13P. The van der Waals surface area contributed by atoms with Crippen LogP contribution in [0.15, 0.2) is 85.1 Å². The minimum atomic E-state index is -5.14. The second-order valence-corrected chi connectivity index (χ2v) is 14.6. The molecule has 1 aliphatic carbocycles. The van der Waals surface area contributed by atoms with E-state index in [1.165, 1.54) is 38.5 Å². The lowest BCUT2D eigenvalue weighted by Gasteiger charge is -2.41. The standard InChI is InChI=1S/C41H65O13P/c1-3-5-7-9-11-13-15-17-19-21-23-25-27-29-34(42)51-31-33(32-52-55(49,50)54-41-39(47)37(45)36(44)38(46)40(41)48)53-35(43)30-28-26-24-22-20-18-16-14-12-10-8-6-4-2/h5,7,9,11,13,15,17-21,23-24,26,33,36-41,44-48H,3-4,6,8,10,12,14,16,22,25,27-32H2,1-2H3,(H,49,50)/b7-5+,11-9+,15-13+,19-17+,20-18+,23-21+,26-24+/t33?,36?,37-,38?,39?,40?,41?/m1/s1. The zero-order valence-electron chi connectivity index (χ0n) is 32.4. The molecular weight excluding hydrogens is 731 g/mol. The molecule has 1 saturated carbocycles. The number of rotatable bonds is 29. The first kappa shape index (κ1) is 50.0. The van der Waals surface area contributed by atoms with Gasteiger partial charge in [0.15, 0.2) is 6.10 Å². The van der Waals surface area contributed by atoms with E-state index in [9.17, 15) is 44.6 Å². The maximum Gasteiger partial charge on any atom is 0.472 e. The van der Waals surface area contributed by atoms with Crippen molar-refractivity contribution in [2.75, 3.05) is 13.2 Å². The second-order valence-electron chi connectivity index (χ2n) is 13.2. The number of carbonyl (C=O) groups is 2. The number of esters is 2. The smallest absolute Gasteiger partial charge is 0.462 e. The van der Waals surface area contributed by atoms with E-state index in [0.29, 0.717) is 19.3 Å². The number of aliphatic hydroxyl groups is 5. The SMILES string of the molecule is CC/C=C/C=C/C=C/C=C/C=C/CCCC(=O)OCC(COP(=O)(O)OC1C(O)C(O)C(O)[C@@H](O)C1O)OC(=O)CC/C=C/C/C=C/CCCCCCCC. The summed E-state index contributed by atoms with van der Waals surface area (Å²) >= 11 is 0. The fourth-order valence-corrected chi connectivity index (χ4v) is 6.16. The minimum Gasteiger partial charge on any atom is -0.462 e. The van der Waals surface area contributed by atoms with Crippen LogP contribution >= 0.6 is 7.82 Å². The highest BCUT2D eigenvalue weighted by molar-refractivity contribution is 7.47. The van der Waals surface area contributed by atoms with Gasteiger partial charge in [0.1, 0.15) is 43.2 Å². The maximum absolute atomic E-state index is 12.7. The van der Waals surface area contributed by atoms with Gasteiger partial charge in [-0.1, -0.05) is 131 Å². The second kappa shape index (κ2) is 31.2. The van der Waals surface area contributed by atoms with Gasteiger partial charge in [-0.05, 0) is 44.9 Å². The maximum atomic E-state index is 12.7. The number of phosphoric ester groups is 1. The first-order chi connectivity index (χ1) is 26.4. The van der Waals surface area contributed by atoms with E-state index in [1.807, 2.05) is 66.8 Å². The molecule has 8 atom stereocenters. The molecule has 0 heterocycles. The van der Waals surface area contributed by atoms with Crippen molar-refractivity contribution in [3.05, 3.63) is 85.1 Å². The molecule has 1 rings (SSSR count). The molecule has 0 aromatic heterocycles. The summed E-state index contributed by atoms with van der Waals surface area (Å²) in [5.41, 5.74) is 0. The Morgan fingerprint density at radius 3 is 1.78 bits per heavy atom. The van der Waals surface area contributed by atoms with Crippen LogP contribution in [-0.2, 0) is 32.7 Å². The molecule has 312 valence electrons. The van der Waals surface area contributed by atoms with Crippen LogP contribution in [-0.4, -0.2) is 98.3 Å². The minimum absolute atomic E-state index is 0.0299. The molecule has 0 spiro atoms. The first-order valence-electron chi connectivity index (χ1n) is 19.5. The average Bonchev–Trinajstić information content (AvgIpc) is 3.16. The molecule has 55 heavy (non-hydrogen) atoms. The van der Waals surface area contributed by atoms with E-state index in [0.717, 1.165) is 19.3 Å². The van der Waals surface area contributed by atoms with Crippen LogP contribution in [0.1, 0.15) is 104 Å². The molecule has 7 unspecified atom stereocenters. The Labute approximate surface area is 327 Å². The lowest BCUT2D eigenvalue weighted by molar-refractivity contribution is -0.220.